The largest absolute Gasteiger partial charge is 0.372 e. The van der Waals surface area contributed by atoms with Crippen molar-refractivity contribution < 1.29 is 0 Å². The summed E-state index contributed by atoms with van der Waals surface area (Å²) in [6.07, 6.45) is 0. The Bertz CT molecular complexity index is 253. The van der Waals surface area contributed by atoms with Crippen LogP contribution in [0.5, 0.6) is 0 Å². The highest BCUT2D eigenvalue weighted by Crippen LogP contribution is 2.15. The van der Waals surface area contributed by atoms with Gasteiger partial charge in [0.2, 0.25) is 0 Å². The highest BCUT2D eigenvalue weighted by Gasteiger charge is 2.03. The number of benzene rings is 1. The summed E-state index contributed by atoms with van der Waals surface area (Å²) in [5, 5.41) is 0. The van der Waals surface area contributed by atoms with E-state index < -0.39 is 0 Å². The van der Waals surface area contributed by atoms with Gasteiger partial charge in [-0.05, 0) is 38.5 Å². The fraction of sp³-hybridized carbons (Fsp3) is 0.455. The first-order valence-corrected chi connectivity index (χ1v) is 4.41. The molecule has 0 aliphatic carbocycles. The Morgan fingerprint density at radius 2 is 1.92 bits per heavy atom. The van der Waals surface area contributed by atoms with Crippen LogP contribution >= 0.6 is 0 Å². The third-order valence-electron chi connectivity index (χ3n) is 2.18. The molecule has 1 rings (SSSR count). The van der Waals surface area contributed by atoms with Crippen LogP contribution < -0.4 is 4.90 Å². The minimum Gasteiger partial charge on any atom is -0.372 e. The molecule has 0 heterocycles. The minimum atomic E-state index is 0.562. The van der Waals surface area contributed by atoms with Gasteiger partial charge in [-0.3, -0.25) is 0 Å². The summed E-state index contributed by atoms with van der Waals surface area (Å²) in [6, 6.07) is 9.14. The first-order valence-electron chi connectivity index (χ1n) is 4.41. The van der Waals surface area contributed by atoms with Crippen LogP contribution in [0.1, 0.15) is 19.4 Å². The van der Waals surface area contributed by atoms with E-state index in [1.54, 1.807) is 0 Å². The van der Waals surface area contributed by atoms with E-state index in [4.69, 9.17) is 0 Å². The molecule has 12 heavy (non-hydrogen) atoms. The van der Waals surface area contributed by atoms with Crippen LogP contribution in [-0.2, 0) is 0 Å². The molecule has 1 aromatic rings. The Balaban J connectivity index is 2.88. The van der Waals surface area contributed by atoms with Gasteiger partial charge in [-0.15, -0.1) is 0 Å². The van der Waals surface area contributed by atoms with E-state index in [0.717, 1.165) is 0 Å². The van der Waals surface area contributed by atoms with Crippen molar-refractivity contribution in [2.45, 2.75) is 26.8 Å². The average molecular weight is 163 g/mol. The molecule has 66 valence electrons. The molecule has 0 fully saturated rings. The van der Waals surface area contributed by atoms with Gasteiger partial charge in [-0.2, -0.15) is 0 Å². The zero-order valence-electron chi connectivity index (χ0n) is 8.33. The Morgan fingerprint density at radius 3 is 2.42 bits per heavy atom. The van der Waals surface area contributed by atoms with E-state index in [2.05, 4.69) is 57.0 Å². The highest BCUT2D eigenvalue weighted by atomic mass is 15.1. The monoisotopic (exact) mass is 163 g/mol. The molecule has 1 heteroatoms. The van der Waals surface area contributed by atoms with Gasteiger partial charge >= 0.3 is 0 Å². The van der Waals surface area contributed by atoms with Gasteiger partial charge in [0.1, 0.15) is 0 Å². The summed E-state index contributed by atoms with van der Waals surface area (Å²) in [4.78, 5) is 2.27. The predicted octanol–water partition coefficient (Wildman–Crippen LogP) is 2.84. The van der Waals surface area contributed by atoms with E-state index in [1.165, 1.54) is 11.3 Å². The van der Waals surface area contributed by atoms with Gasteiger partial charge in [-0.25, -0.2) is 0 Å². The second kappa shape index (κ2) is 3.61. The first kappa shape index (κ1) is 9.11. The molecule has 0 saturated carbocycles. The van der Waals surface area contributed by atoms with Gasteiger partial charge < -0.3 is 4.90 Å². The Morgan fingerprint density at radius 1 is 1.25 bits per heavy atom. The molecule has 0 aromatic heterocycles. The van der Waals surface area contributed by atoms with Crippen LogP contribution in [0.4, 0.5) is 5.69 Å². The summed E-state index contributed by atoms with van der Waals surface area (Å²) < 4.78 is 0. The maximum Gasteiger partial charge on any atom is 0.0368 e. The molecular formula is C11H17N. The standard InChI is InChI=1S/C11H17N/c1-9(2)12(4)11-7-5-6-10(3)8-11/h5-9H,1-4H3. The molecule has 0 amide bonds. The van der Waals surface area contributed by atoms with Crippen molar-refractivity contribution in [2.75, 3.05) is 11.9 Å². The number of aryl methyl sites for hydroxylation is 1. The van der Waals surface area contributed by atoms with Gasteiger partial charge in [0, 0.05) is 18.8 Å². The summed E-state index contributed by atoms with van der Waals surface area (Å²) in [7, 11) is 2.12. The van der Waals surface area contributed by atoms with Crippen molar-refractivity contribution >= 4 is 5.69 Å². The van der Waals surface area contributed by atoms with Crippen LogP contribution in [-0.4, -0.2) is 13.1 Å². The molecule has 1 nitrogen and oxygen atoms in total. The molecule has 0 aliphatic rings. The third-order valence-corrected chi connectivity index (χ3v) is 2.18. The summed E-state index contributed by atoms with van der Waals surface area (Å²) in [5.41, 5.74) is 2.62. The zero-order chi connectivity index (χ0) is 9.14. The molecule has 0 atom stereocenters. The van der Waals surface area contributed by atoms with Crippen molar-refractivity contribution in [3.63, 3.8) is 0 Å². The highest BCUT2D eigenvalue weighted by molar-refractivity contribution is 5.48. The summed E-state index contributed by atoms with van der Waals surface area (Å²) in [5.74, 6) is 0. The van der Waals surface area contributed by atoms with Gasteiger partial charge in [0.25, 0.3) is 0 Å². The Hall–Kier alpha value is -0.980. The van der Waals surface area contributed by atoms with Crippen LogP contribution in [0.25, 0.3) is 0 Å². The van der Waals surface area contributed by atoms with Crippen molar-refractivity contribution in [3.05, 3.63) is 29.8 Å². The van der Waals surface area contributed by atoms with Crippen LogP contribution in [0, 0.1) is 6.92 Å². The van der Waals surface area contributed by atoms with Crippen LogP contribution in [0.15, 0.2) is 24.3 Å². The Labute approximate surface area is 75.0 Å². The SMILES string of the molecule is Cc1cccc(N(C)C(C)C)c1. The Kier molecular flexibility index (Phi) is 2.74. The van der Waals surface area contributed by atoms with E-state index in [9.17, 15) is 0 Å². The second-order valence-electron chi connectivity index (χ2n) is 3.54. The number of nitrogens with zero attached hydrogens (tertiary/aromatic N) is 1. The fourth-order valence-corrected chi connectivity index (χ4v) is 1.15. The smallest absolute Gasteiger partial charge is 0.0368 e. The van der Waals surface area contributed by atoms with E-state index in [1.807, 2.05) is 0 Å². The topological polar surface area (TPSA) is 3.24 Å². The van der Waals surface area contributed by atoms with Gasteiger partial charge in [0.15, 0.2) is 0 Å². The third kappa shape index (κ3) is 2.00. The van der Waals surface area contributed by atoms with Crippen molar-refractivity contribution in [3.8, 4) is 0 Å². The van der Waals surface area contributed by atoms with Gasteiger partial charge in [-0.1, -0.05) is 12.1 Å². The normalized spacial score (nSPS) is 10.4. The van der Waals surface area contributed by atoms with Gasteiger partial charge in [0.05, 0.1) is 0 Å². The average Bonchev–Trinajstić information content (AvgIpc) is 2.03. The maximum absolute atomic E-state index is 2.27. The number of hydrogen-bond acceptors (Lipinski definition) is 1. The number of anilines is 1. The first-order chi connectivity index (χ1) is 5.61. The molecule has 0 spiro atoms. The molecule has 0 unspecified atom stereocenters. The van der Waals surface area contributed by atoms with Crippen molar-refractivity contribution in [1.29, 1.82) is 0 Å². The van der Waals surface area contributed by atoms with E-state index in [0.29, 0.717) is 6.04 Å². The molecule has 0 aliphatic heterocycles. The molecule has 0 N–H and O–H groups in total. The van der Waals surface area contributed by atoms with E-state index >= 15 is 0 Å². The van der Waals surface area contributed by atoms with Crippen molar-refractivity contribution in [2.24, 2.45) is 0 Å². The summed E-state index contributed by atoms with van der Waals surface area (Å²) in [6.45, 7) is 6.52. The zero-order valence-corrected chi connectivity index (χ0v) is 8.33. The molecule has 1 aromatic carbocycles. The lowest BCUT2D eigenvalue weighted by molar-refractivity contribution is 0.754. The molecule has 0 radical (unpaired) electrons. The van der Waals surface area contributed by atoms with E-state index in [-0.39, 0.29) is 0 Å². The number of hydrogen-bond donors (Lipinski definition) is 0. The lowest BCUT2D eigenvalue weighted by Gasteiger charge is -2.23. The lowest BCUT2D eigenvalue weighted by atomic mass is 10.2. The lowest BCUT2D eigenvalue weighted by Crippen LogP contribution is -2.25. The molecule has 0 saturated heterocycles. The van der Waals surface area contributed by atoms with Crippen LogP contribution in [0.2, 0.25) is 0 Å². The number of rotatable bonds is 2. The quantitative estimate of drug-likeness (QED) is 0.648. The minimum absolute atomic E-state index is 0.562. The molecular weight excluding hydrogens is 146 g/mol. The maximum atomic E-state index is 2.27. The molecule has 0 bridgehead atoms. The van der Waals surface area contributed by atoms with Crippen molar-refractivity contribution in [1.82, 2.24) is 0 Å². The predicted molar refractivity (Wildman–Crippen MR) is 54.7 cm³/mol. The fourth-order valence-electron chi connectivity index (χ4n) is 1.15. The second-order valence-corrected chi connectivity index (χ2v) is 3.54. The summed E-state index contributed by atoms with van der Waals surface area (Å²) >= 11 is 0. The van der Waals surface area contributed by atoms with Crippen LogP contribution in [0.3, 0.4) is 0 Å².